The van der Waals surface area contributed by atoms with Crippen molar-refractivity contribution in [3.63, 3.8) is 0 Å². The van der Waals surface area contributed by atoms with Crippen molar-refractivity contribution in [1.82, 2.24) is 4.98 Å². The number of hydrogen-bond donors (Lipinski definition) is 1. The maximum absolute atomic E-state index is 11.2. The number of nitrogens with zero attached hydrogens (tertiary/aromatic N) is 1. The molecule has 0 aliphatic heterocycles. The lowest BCUT2D eigenvalue weighted by Crippen LogP contribution is -2.12. The standard InChI is InChI=1S/C11H16N2O/c1-8(2)7-13-11-10(9(3)14)5-4-6-12-11/h4-6,8H,7H2,1-3H3,(H,12,13). The van der Waals surface area contributed by atoms with E-state index < -0.39 is 0 Å². The number of carbonyl (C=O) groups is 1. The van der Waals surface area contributed by atoms with Crippen molar-refractivity contribution in [2.45, 2.75) is 20.8 Å². The summed E-state index contributed by atoms with van der Waals surface area (Å²) < 4.78 is 0. The van der Waals surface area contributed by atoms with Crippen LogP contribution in [0.3, 0.4) is 0 Å². The predicted octanol–water partition coefficient (Wildman–Crippen LogP) is 2.35. The maximum Gasteiger partial charge on any atom is 0.163 e. The van der Waals surface area contributed by atoms with Crippen molar-refractivity contribution in [1.29, 1.82) is 0 Å². The average Bonchev–Trinajstić information content (AvgIpc) is 2.15. The van der Waals surface area contributed by atoms with Gasteiger partial charge >= 0.3 is 0 Å². The van der Waals surface area contributed by atoms with Gasteiger partial charge in [0.05, 0.1) is 5.56 Å². The largest absolute Gasteiger partial charge is 0.369 e. The van der Waals surface area contributed by atoms with E-state index in [-0.39, 0.29) is 5.78 Å². The number of anilines is 1. The van der Waals surface area contributed by atoms with Crippen LogP contribution < -0.4 is 5.32 Å². The zero-order valence-corrected chi connectivity index (χ0v) is 8.87. The minimum atomic E-state index is 0.0457. The predicted molar refractivity (Wildman–Crippen MR) is 57.6 cm³/mol. The van der Waals surface area contributed by atoms with Crippen LogP contribution in [0.4, 0.5) is 5.82 Å². The van der Waals surface area contributed by atoms with Gasteiger partial charge in [-0.25, -0.2) is 4.98 Å². The monoisotopic (exact) mass is 192 g/mol. The molecular formula is C11H16N2O. The Kier molecular flexibility index (Phi) is 3.63. The fourth-order valence-electron chi connectivity index (χ4n) is 1.13. The second kappa shape index (κ2) is 4.74. The molecule has 3 heteroatoms. The van der Waals surface area contributed by atoms with Crippen LogP contribution in [-0.2, 0) is 0 Å². The van der Waals surface area contributed by atoms with Gasteiger partial charge < -0.3 is 5.32 Å². The first-order valence-electron chi connectivity index (χ1n) is 4.81. The van der Waals surface area contributed by atoms with Crippen LogP contribution in [0.15, 0.2) is 18.3 Å². The molecule has 0 radical (unpaired) electrons. The van der Waals surface area contributed by atoms with E-state index in [0.29, 0.717) is 17.3 Å². The molecule has 0 spiro atoms. The van der Waals surface area contributed by atoms with Gasteiger partial charge in [0.15, 0.2) is 5.78 Å². The highest BCUT2D eigenvalue weighted by Gasteiger charge is 2.06. The molecule has 0 bridgehead atoms. The Morgan fingerprint density at radius 2 is 2.29 bits per heavy atom. The van der Waals surface area contributed by atoms with Crippen LogP contribution in [-0.4, -0.2) is 17.3 Å². The van der Waals surface area contributed by atoms with Gasteiger partial charge in [-0.05, 0) is 25.0 Å². The summed E-state index contributed by atoms with van der Waals surface area (Å²) >= 11 is 0. The van der Waals surface area contributed by atoms with Crippen LogP contribution in [0, 0.1) is 5.92 Å². The quantitative estimate of drug-likeness (QED) is 0.744. The topological polar surface area (TPSA) is 42.0 Å². The van der Waals surface area contributed by atoms with Gasteiger partial charge in [-0.1, -0.05) is 13.8 Å². The third kappa shape index (κ3) is 2.83. The van der Waals surface area contributed by atoms with Crippen molar-refractivity contribution in [3.8, 4) is 0 Å². The lowest BCUT2D eigenvalue weighted by molar-refractivity contribution is 0.101. The zero-order valence-electron chi connectivity index (χ0n) is 8.87. The highest BCUT2D eigenvalue weighted by molar-refractivity contribution is 5.98. The smallest absolute Gasteiger partial charge is 0.163 e. The van der Waals surface area contributed by atoms with Crippen molar-refractivity contribution >= 4 is 11.6 Å². The molecule has 1 heterocycles. The molecule has 0 unspecified atom stereocenters. The minimum Gasteiger partial charge on any atom is -0.369 e. The Bertz CT molecular complexity index is 321. The molecular weight excluding hydrogens is 176 g/mol. The summed E-state index contributed by atoms with van der Waals surface area (Å²) in [7, 11) is 0. The Morgan fingerprint density at radius 1 is 1.57 bits per heavy atom. The molecule has 14 heavy (non-hydrogen) atoms. The van der Waals surface area contributed by atoms with E-state index in [9.17, 15) is 4.79 Å². The number of pyridine rings is 1. The van der Waals surface area contributed by atoms with Crippen LogP contribution in [0.1, 0.15) is 31.1 Å². The first-order chi connectivity index (χ1) is 6.61. The SMILES string of the molecule is CC(=O)c1cccnc1NCC(C)C. The Hall–Kier alpha value is -1.38. The van der Waals surface area contributed by atoms with E-state index in [1.165, 1.54) is 0 Å². The van der Waals surface area contributed by atoms with E-state index in [4.69, 9.17) is 0 Å². The first-order valence-corrected chi connectivity index (χ1v) is 4.81. The summed E-state index contributed by atoms with van der Waals surface area (Å²) in [6.45, 7) is 6.61. The lowest BCUT2D eigenvalue weighted by atomic mass is 10.1. The number of rotatable bonds is 4. The summed E-state index contributed by atoms with van der Waals surface area (Å²) in [5, 5.41) is 3.16. The Labute approximate surface area is 84.6 Å². The number of ketones is 1. The van der Waals surface area contributed by atoms with E-state index in [1.807, 2.05) is 0 Å². The Morgan fingerprint density at radius 3 is 2.86 bits per heavy atom. The summed E-state index contributed by atoms with van der Waals surface area (Å²) in [6.07, 6.45) is 1.69. The summed E-state index contributed by atoms with van der Waals surface area (Å²) in [4.78, 5) is 15.4. The number of hydrogen-bond acceptors (Lipinski definition) is 3. The van der Waals surface area contributed by atoms with Crippen LogP contribution >= 0.6 is 0 Å². The van der Waals surface area contributed by atoms with Gasteiger partial charge in [-0.3, -0.25) is 4.79 Å². The molecule has 0 atom stereocenters. The minimum absolute atomic E-state index is 0.0457. The van der Waals surface area contributed by atoms with Crippen molar-refractivity contribution in [2.24, 2.45) is 5.92 Å². The molecule has 1 N–H and O–H groups in total. The molecule has 0 saturated carbocycles. The number of carbonyl (C=O) groups excluding carboxylic acids is 1. The summed E-state index contributed by atoms with van der Waals surface area (Å²) in [6, 6.07) is 3.56. The molecule has 0 fully saturated rings. The van der Waals surface area contributed by atoms with Gasteiger partial charge in [0, 0.05) is 12.7 Å². The van der Waals surface area contributed by atoms with Gasteiger partial charge in [-0.15, -0.1) is 0 Å². The third-order valence-corrected chi connectivity index (χ3v) is 1.86. The van der Waals surface area contributed by atoms with E-state index in [2.05, 4.69) is 24.1 Å². The number of aromatic nitrogens is 1. The van der Waals surface area contributed by atoms with Crippen molar-refractivity contribution < 1.29 is 4.79 Å². The fraction of sp³-hybridized carbons (Fsp3) is 0.455. The summed E-state index contributed by atoms with van der Waals surface area (Å²) in [5.74, 6) is 1.27. The number of Topliss-reactive ketones (excluding diaryl/α,β-unsaturated/α-hetero) is 1. The molecule has 0 aromatic carbocycles. The van der Waals surface area contributed by atoms with E-state index >= 15 is 0 Å². The molecule has 1 rings (SSSR count). The summed E-state index contributed by atoms with van der Waals surface area (Å²) in [5.41, 5.74) is 0.660. The van der Waals surface area contributed by atoms with Gasteiger partial charge in [0.25, 0.3) is 0 Å². The van der Waals surface area contributed by atoms with Crippen molar-refractivity contribution in [3.05, 3.63) is 23.9 Å². The highest BCUT2D eigenvalue weighted by Crippen LogP contribution is 2.12. The maximum atomic E-state index is 11.2. The van der Waals surface area contributed by atoms with Crippen LogP contribution in [0.2, 0.25) is 0 Å². The Balaban J connectivity index is 2.79. The molecule has 0 aliphatic rings. The van der Waals surface area contributed by atoms with Gasteiger partial charge in [0.2, 0.25) is 0 Å². The van der Waals surface area contributed by atoms with Gasteiger partial charge in [0.1, 0.15) is 5.82 Å². The van der Waals surface area contributed by atoms with E-state index in [0.717, 1.165) is 6.54 Å². The normalized spacial score (nSPS) is 10.3. The van der Waals surface area contributed by atoms with Crippen molar-refractivity contribution in [2.75, 3.05) is 11.9 Å². The third-order valence-electron chi connectivity index (χ3n) is 1.86. The number of nitrogens with one attached hydrogen (secondary N) is 1. The van der Waals surface area contributed by atoms with Crippen LogP contribution in [0.5, 0.6) is 0 Å². The average molecular weight is 192 g/mol. The second-order valence-corrected chi connectivity index (χ2v) is 3.73. The molecule has 1 aromatic rings. The second-order valence-electron chi connectivity index (χ2n) is 3.73. The fourth-order valence-corrected chi connectivity index (χ4v) is 1.13. The van der Waals surface area contributed by atoms with Crippen LogP contribution in [0.25, 0.3) is 0 Å². The lowest BCUT2D eigenvalue weighted by Gasteiger charge is -2.10. The molecule has 0 amide bonds. The molecule has 0 saturated heterocycles. The zero-order chi connectivity index (χ0) is 10.6. The molecule has 1 aromatic heterocycles. The highest BCUT2D eigenvalue weighted by atomic mass is 16.1. The molecule has 0 aliphatic carbocycles. The van der Waals surface area contributed by atoms with E-state index in [1.54, 1.807) is 25.3 Å². The molecule has 76 valence electrons. The van der Waals surface area contributed by atoms with Gasteiger partial charge in [-0.2, -0.15) is 0 Å². The first kappa shape index (κ1) is 10.7. The molecule has 3 nitrogen and oxygen atoms in total.